The molecule has 200 valence electrons. The minimum atomic E-state index is -0.906. The minimum absolute atomic E-state index is 0.125. The number of ether oxygens (including phenoxy) is 2. The summed E-state index contributed by atoms with van der Waals surface area (Å²) in [6.45, 7) is 2.48. The summed E-state index contributed by atoms with van der Waals surface area (Å²) in [7, 11) is 0. The van der Waals surface area contributed by atoms with Gasteiger partial charge in [-0.05, 0) is 61.7 Å². The molecule has 0 radical (unpaired) electrons. The Labute approximate surface area is 226 Å². The lowest BCUT2D eigenvalue weighted by Crippen LogP contribution is -2.39. The first-order valence-electron chi connectivity index (χ1n) is 13.0. The van der Waals surface area contributed by atoms with Crippen LogP contribution in [0.2, 0.25) is 0 Å². The molecule has 0 unspecified atom stereocenters. The summed E-state index contributed by atoms with van der Waals surface area (Å²) in [5.41, 5.74) is 2.78. The molecule has 2 atom stereocenters. The van der Waals surface area contributed by atoms with Crippen molar-refractivity contribution in [1.82, 2.24) is 9.88 Å². The van der Waals surface area contributed by atoms with Crippen molar-refractivity contribution >= 4 is 12.1 Å². The standard InChI is InChI=1S/C31H30N2O6/c1-21-28(32-29(38-21)23-8-4-2-5-9-23)16-17-37-26-14-12-22(13-15-26)18-25-19-24(30(34)35)20-33(25)31(36)39-27-10-6-3-7-11-27/h2-15,24-25H,16-20H2,1H3,(H,34,35)/t24-,25-/m1/s1. The molecule has 1 aliphatic rings. The fourth-order valence-corrected chi connectivity index (χ4v) is 4.78. The van der Waals surface area contributed by atoms with E-state index in [1.54, 1.807) is 24.3 Å². The number of oxazole rings is 1. The number of hydrogen-bond donors (Lipinski definition) is 1. The smallest absolute Gasteiger partial charge is 0.415 e. The predicted molar refractivity (Wildman–Crippen MR) is 145 cm³/mol. The van der Waals surface area contributed by atoms with Crippen molar-refractivity contribution in [2.45, 2.75) is 32.2 Å². The molecule has 0 bridgehead atoms. The van der Waals surface area contributed by atoms with Gasteiger partial charge < -0.3 is 23.9 Å². The second-order valence-corrected chi connectivity index (χ2v) is 9.59. The summed E-state index contributed by atoms with van der Waals surface area (Å²) < 4.78 is 17.2. The van der Waals surface area contributed by atoms with Crippen LogP contribution < -0.4 is 9.47 Å². The van der Waals surface area contributed by atoms with Gasteiger partial charge in [-0.15, -0.1) is 0 Å². The van der Waals surface area contributed by atoms with Gasteiger partial charge in [0.2, 0.25) is 5.89 Å². The van der Waals surface area contributed by atoms with E-state index in [-0.39, 0.29) is 12.6 Å². The van der Waals surface area contributed by atoms with Crippen molar-refractivity contribution in [3.63, 3.8) is 0 Å². The highest BCUT2D eigenvalue weighted by Crippen LogP contribution is 2.28. The molecule has 2 heterocycles. The molecule has 0 saturated carbocycles. The van der Waals surface area contributed by atoms with Crippen molar-refractivity contribution in [3.8, 4) is 23.0 Å². The number of rotatable bonds is 9. The molecule has 1 fully saturated rings. The Hall–Kier alpha value is -4.59. The first-order valence-corrected chi connectivity index (χ1v) is 13.0. The molecule has 1 saturated heterocycles. The van der Waals surface area contributed by atoms with Gasteiger partial charge in [0.05, 0.1) is 18.2 Å². The summed E-state index contributed by atoms with van der Waals surface area (Å²) in [5.74, 6) is 1.00. The van der Waals surface area contributed by atoms with Gasteiger partial charge in [-0.25, -0.2) is 9.78 Å². The van der Waals surface area contributed by atoms with Crippen LogP contribution in [-0.4, -0.2) is 46.2 Å². The lowest BCUT2D eigenvalue weighted by atomic mass is 10.00. The van der Waals surface area contributed by atoms with Crippen LogP contribution in [0.15, 0.2) is 89.3 Å². The third-order valence-electron chi connectivity index (χ3n) is 6.86. The number of carbonyl (C=O) groups is 2. The lowest BCUT2D eigenvalue weighted by molar-refractivity contribution is -0.141. The van der Waals surface area contributed by atoms with Crippen LogP contribution in [-0.2, 0) is 17.6 Å². The van der Waals surface area contributed by atoms with Crippen molar-refractivity contribution in [2.75, 3.05) is 13.2 Å². The van der Waals surface area contributed by atoms with Gasteiger partial charge in [-0.3, -0.25) is 4.79 Å². The van der Waals surface area contributed by atoms with Crippen molar-refractivity contribution in [3.05, 3.63) is 102 Å². The summed E-state index contributed by atoms with van der Waals surface area (Å²) >= 11 is 0. The van der Waals surface area contributed by atoms with Crippen molar-refractivity contribution in [2.24, 2.45) is 5.92 Å². The number of aromatic nitrogens is 1. The summed E-state index contributed by atoms with van der Waals surface area (Å²) in [4.78, 5) is 30.7. The van der Waals surface area contributed by atoms with Gasteiger partial charge in [0.25, 0.3) is 0 Å². The van der Waals surface area contributed by atoms with E-state index in [1.807, 2.05) is 67.6 Å². The lowest BCUT2D eigenvalue weighted by Gasteiger charge is -2.24. The Morgan fingerprint density at radius 3 is 2.36 bits per heavy atom. The Morgan fingerprint density at radius 1 is 0.974 bits per heavy atom. The Kier molecular flexibility index (Phi) is 7.91. The van der Waals surface area contributed by atoms with Crippen molar-refractivity contribution < 1.29 is 28.6 Å². The molecule has 3 aromatic carbocycles. The van der Waals surface area contributed by atoms with E-state index in [1.165, 1.54) is 4.90 Å². The zero-order valence-corrected chi connectivity index (χ0v) is 21.7. The minimum Gasteiger partial charge on any atom is -0.493 e. The highest BCUT2D eigenvalue weighted by atomic mass is 16.6. The predicted octanol–water partition coefficient (Wildman–Crippen LogP) is 5.79. The van der Waals surface area contributed by atoms with E-state index in [2.05, 4.69) is 4.98 Å². The van der Waals surface area contributed by atoms with E-state index in [0.29, 0.717) is 37.5 Å². The maximum absolute atomic E-state index is 12.9. The summed E-state index contributed by atoms with van der Waals surface area (Å²) in [5, 5.41) is 9.56. The van der Waals surface area contributed by atoms with Gasteiger partial charge in [0, 0.05) is 24.6 Å². The van der Waals surface area contributed by atoms with E-state index in [0.717, 1.165) is 28.3 Å². The number of aliphatic carboxylic acids is 1. The molecular formula is C31H30N2O6. The fraction of sp³-hybridized carbons (Fsp3) is 0.258. The number of para-hydroxylation sites is 1. The van der Waals surface area contributed by atoms with E-state index < -0.39 is 18.0 Å². The molecule has 0 spiro atoms. The number of nitrogens with zero attached hydrogens (tertiary/aromatic N) is 2. The Balaban J connectivity index is 1.17. The van der Waals surface area contributed by atoms with Crippen LogP contribution in [0.1, 0.15) is 23.4 Å². The first kappa shape index (κ1) is 26.0. The fourth-order valence-electron chi connectivity index (χ4n) is 4.78. The maximum atomic E-state index is 12.9. The molecule has 8 nitrogen and oxygen atoms in total. The van der Waals surface area contributed by atoms with E-state index >= 15 is 0 Å². The summed E-state index contributed by atoms with van der Waals surface area (Å²) in [6.07, 6.45) is 0.975. The molecular weight excluding hydrogens is 496 g/mol. The van der Waals surface area contributed by atoms with Crippen LogP contribution in [0.5, 0.6) is 11.5 Å². The van der Waals surface area contributed by atoms with Gasteiger partial charge in [0.15, 0.2) is 0 Å². The number of hydrogen-bond acceptors (Lipinski definition) is 6. The number of benzene rings is 3. The normalized spacial score (nSPS) is 16.7. The third-order valence-corrected chi connectivity index (χ3v) is 6.86. The molecule has 1 aliphatic heterocycles. The number of carboxylic acid groups (broad SMARTS) is 1. The number of aryl methyl sites for hydroxylation is 1. The zero-order valence-electron chi connectivity index (χ0n) is 21.7. The quantitative estimate of drug-likeness (QED) is 0.295. The number of likely N-dealkylation sites (tertiary alicyclic amines) is 1. The Morgan fingerprint density at radius 2 is 1.67 bits per heavy atom. The molecule has 8 heteroatoms. The Bertz CT molecular complexity index is 1400. The van der Waals surface area contributed by atoms with Gasteiger partial charge in [-0.1, -0.05) is 48.5 Å². The molecule has 39 heavy (non-hydrogen) atoms. The number of amides is 1. The van der Waals surface area contributed by atoms with Gasteiger partial charge in [-0.2, -0.15) is 0 Å². The SMILES string of the molecule is Cc1oc(-c2ccccc2)nc1CCOc1ccc(C[C@@H]2C[C@@H](C(=O)O)CN2C(=O)Oc2ccccc2)cc1. The van der Waals surface area contributed by atoms with Crippen LogP contribution in [0, 0.1) is 12.8 Å². The van der Waals surface area contributed by atoms with Gasteiger partial charge in [0.1, 0.15) is 17.3 Å². The monoisotopic (exact) mass is 526 g/mol. The van der Waals surface area contributed by atoms with E-state index in [9.17, 15) is 14.7 Å². The third kappa shape index (κ3) is 6.46. The number of carbonyl (C=O) groups excluding carboxylic acids is 1. The largest absolute Gasteiger partial charge is 0.493 e. The van der Waals surface area contributed by atoms with E-state index in [4.69, 9.17) is 13.9 Å². The maximum Gasteiger partial charge on any atom is 0.415 e. The highest BCUT2D eigenvalue weighted by molar-refractivity contribution is 5.76. The second kappa shape index (κ2) is 11.9. The first-order chi connectivity index (χ1) is 19.0. The van der Waals surface area contributed by atoms with Crippen LogP contribution >= 0.6 is 0 Å². The molecule has 1 amide bonds. The average molecular weight is 527 g/mol. The average Bonchev–Trinajstić information content (AvgIpc) is 3.54. The molecule has 1 aromatic heterocycles. The van der Waals surface area contributed by atoms with Crippen LogP contribution in [0.3, 0.4) is 0 Å². The highest BCUT2D eigenvalue weighted by Gasteiger charge is 2.39. The summed E-state index contributed by atoms with van der Waals surface area (Å²) in [6, 6.07) is 26.0. The number of carboxylic acids is 1. The molecule has 4 aromatic rings. The van der Waals surface area contributed by atoms with Crippen LogP contribution in [0.25, 0.3) is 11.5 Å². The second-order valence-electron chi connectivity index (χ2n) is 9.59. The topological polar surface area (TPSA) is 102 Å². The molecule has 5 rings (SSSR count). The van der Waals surface area contributed by atoms with Crippen molar-refractivity contribution in [1.29, 1.82) is 0 Å². The molecule has 0 aliphatic carbocycles. The molecule has 1 N–H and O–H groups in total. The zero-order chi connectivity index (χ0) is 27.2. The van der Waals surface area contributed by atoms with Gasteiger partial charge >= 0.3 is 12.1 Å². The van der Waals surface area contributed by atoms with Crippen LogP contribution in [0.4, 0.5) is 4.79 Å².